The Kier molecular flexibility index (Phi) is 4.03. The molecule has 0 saturated carbocycles. The second-order valence-electron chi connectivity index (χ2n) is 2.77. The molecule has 1 aromatic carbocycles. The Hall–Kier alpha value is -1.46. The van der Waals surface area contributed by atoms with Crippen molar-refractivity contribution >= 4 is 17.7 Å². The molecular formula is C11H10ClNO. The summed E-state index contributed by atoms with van der Waals surface area (Å²) in [5.74, 6) is 0.596. The van der Waals surface area contributed by atoms with Gasteiger partial charge in [-0.25, -0.2) is 0 Å². The molecule has 0 aliphatic rings. The summed E-state index contributed by atoms with van der Waals surface area (Å²) in [4.78, 5) is 0. The van der Waals surface area contributed by atoms with Gasteiger partial charge in [-0.1, -0.05) is 18.2 Å². The Morgan fingerprint density at radius 2 is 2.29 bits per heavy atom. The standard InChI is InChI=1S/C11H10ClNO/c12-6-2-1-3-9-4-5-10(8-13)11(14)7-9/h1,3-5,7,14H,2,6H2. The van der Waals surface area contributed by atoms with Crippen LogP contribution in [-0.4, -0.2) is 11.0 Å². The first-order chi connectivity index (χ1) is 6.77. The van der Waals surface area contributed by atoms with E-state index < -0.39 is 0 Å². The van der Waals surface area contributed by atoms with Crippen molar-refractivity contribution in [2.75, 3.05) is 5.88 Å². The van der Waals surface area contributed by atoms with Gasteiger partial charge in [-0.3, -0.25) is 0 Å². The highest BCUT2D eigenvalue weighted by Gasteiger charge is 1.98. The number of hydrogen-bond donors (Lipinski definition) is 1. The van der Waals surface area contributed by atoms with Crippen molar-refractivity contribution in [3.05, 3.63) is 35.4 Å². The summed E-state index contributed by atoms with van der Waals surface area (Å²) < 4.78 is 0. The van der Waals surface area contributed by atoms with Crippen LogP contribution in [0, 0.1) is 11.3 Å². The molecule has 0 aliphatic heterocycles. The van der Waals surface area contributed by atoms with Gasteiger partial charge in [0, 0.05) is 5.88 Å². The highest BCUT2D eigenvalue weighted by atomic mass is 35.5. The van der Waals surface area contributed by atoms with Gasteiger partial charge in [0.2, 0.25) is 0 Å². The molecule has 1 aromatic rings. The Morgan fingerprint density at radius 1 is 1.50 bits per heavy atom. The van der Waals surface area contributed by atoms with Gasteiger partial charge in [0.25, 0.3) is 0 Å². The molecule has 0 aliphatic carbocycles. The second kappa shape index (κ2) is 5.31. The van der Waals surface area contributed by atoms with Gasteiger partial charge in [-0.2, -0.15) is 5.26 Å². The van der Waals surface area contributed by atoms with E-state index in [2.05, 4.69) is 0 Å². The molecule has 2 nitrogen and oxygen atoms in total. The molecule has 0 aromatic heterocycles. The van der Waals surface area contributed by atoms with Gasteiger partial charge in [0.1, 0.15) is 11.8 Å². The van der Waals surface area contributed by atoms with Crippen LogP contribution in [0.3, 0.4) is 0 Å². The zero-order valence-electron chi connectivity index (χ0n) is 7.57. The van der Waals surface area contributed by atoms with Crippen molar-refractivity contribution in [3.63, 3.8) is 0 Å². The maximum atomic E-state index is 9.37. The van der Waals surface area contributed by atoms with Gasteiger partial charge < -0.3 is 5.11 Å². The largest absolute Gasteiger partial charge is 0.507 e. The molecule has 1 rings (SSSR count). The number of allylic oxidation sites excluding steroid dienone is 1. The SMILES string of the molecule is N#Cc1ccc(C=CCCCl)cc1O. The molecule has 3 heteroatoms. The zero-order chi connectivity index (χ0) is 10.4. The maximum absolute atomic E-state index is 9.37. The lowest BCUT2D eigenvalue weighted by Gasteiger charge is -1.97. The number of phenolic OH excluding ortho intramolecular Hbond substituents is 1. The van der Waals surface area contributed by atoms with Gasteiger partial charge in [-0.05, 0) is 24.1 Å². The summed E-state index contributed by atoms with van der Waals surface area (Å²) in [5, 5.41) is 17.9. The van der Waals surface area contributed by atoms with E-state index in [1.165, 1.54) is 0 Å². The van der Waals surface area contributed by atoms with Crippen LogP contribution in [-0.2, 0) is 0 Å². The first-order valence-corrected chi connectivity index (χ1v) is 4.77. The van der Waals surface area contributed by atoms with E-state index in [4.69, 9.17) is 16.9 Å². The van der Waals surface area contributed by atoms with Gasteiger partial charge in [-0.15, -0.1) is 11.6 Å². The third-order valence-corrected chi connectivity index (χ3v) is 1.95. The Bertz CT molecular complexity index is 379. The minimum Gasteiger partial charge on any atom is -0.507 e. The first kappa shape index (κ1) is 10.6. The molecule has 0 atom stereocenters. The van der Waals surface area contributed by atoms with Crippen LogP contribution in [0.25, 0.3) is 6.08 Å². The fraction of sp³-hybridized carbons (Fsp3) is 0.182. The summed E-state index contributed by atoms with van der Waals surface area (Å²) >= 11 is 5.50. The van der Waals surface area contributed by atoms with Crippen LogP contribution in [0.2, 0.25) is 0 Å². The molecule has 14 heavy (non-hydrogen) atoms. The van der Waals surface area contributed by atoms with E-state index in [1.807, 2.05) is 18.2 Å². The molecule has 1 N–H and O–H groups in total. The van der Waals surface area contributed by atoms with Gasteiger partial charge >= 0.3 is 0 Å². The summed E-state index contributed by atoms with van der Waals surface area (Å²) in [7, 11) is 0. The minimum absolute atomic E-state index is 0.0144. The lowest BCUT2D eigenvalue weighted by Crippen LogP contribution is -1.78. The van der Waals surface area contributed by atoms with E-state index >= 15 is 0 Å². The van der Waals surface area contributed by atoms with Crippen LogP contribution in [0.4, 0.5) is 0 Å². The number of hydrogen-bond acceptors (Lipinski definition) is 2. The fourth-order valence-corrected chi connectivity index (χ4v) is 1.16. The molecule has 72 valence electrons. The normalized spacial score (nSPS) is 10.3. The second-order valence-corrected chi connectivity index (χ2v) is 3.15. The van der Waals surface area contributed by atoms with Gasteiger partial charge in [0.15, 0.2) is 0 Å². The van der Waals surface area contributed by atoms with Crippen molar-refractivity contribution in [2.24, 2.45) is 0 Å². The molecular weight excluding hydrogens is 198 g/mol. The zero-order valence-corrected chi connectivity index (χ0v) is 8.33. The average Bonchev–Trinajstić information content (AvgIpc) is 2.18. The lowest BCUT2D eigenvalue weighted by atomic mass is 10.1. The molecule has 0 unspecified atom stereocenters. The monoisotopic (exact) mass is 207 g/mol. The summed E-state index contributed by atoms with van der Waals surface area (Å²) in [6.45, 7) is 0. The summed E-state index contributed by atoms with van der Waals surface area (Å²) in [6.07, 6.45) is 4.58. The Labute approximate surface area is 88.1 Å². The quantitative estimate of drug-likeness (QED) is 0.775. The summed E-state index contributed by atoms with van der Waals surface area (Å²) in [6, 6.07) is 6.83. The van der Waals surface area contributed by atoms with E-state index in [0.29, 0.717) is 11.4 Å². The number of nitrogens with zero attached hydrogens (tertiary/aromatic N) is 1. The van der Waals surface area contributed by atoms with Crippen LogP contribution >= 0.6 is 11.6 Å². The number of benzene rings is 1. The predicted octanol–water partition coefficient (Wildman–Crippen LogP) is 2.91. The lowest BCUT2D eigenvalue weighted by molar-refractivity contribution is 0.473. The number of alkyl halides is 1. The highest BCUT2D eigenvalue weighted by molar-refractivity contribution is 6.17. The van der Waals surface area contributed by atoms with Crippen LogP contribution in [0.15, 0.2) is 24.3 Å². The van der Waals surface area contributed by atoms with E-state index in [9.17, 15) is 5.11 Å². The van der Waals surface area contributed by atoms with E-state index in [1.54, 1.807) is 18.2 Å². The topological polar surface area (TPSA) is 44.0 Å². The molecule has 0 spiro atoms. The minimum atomic E-state index is 0.0144. The smallest absolute Gasteiger partial charge is 0.133 e. The first-order valence-electron chi connectivity index (χ1n) is 4.23. The molecule has 0 amide bonds. The highest BCUT2D eigenvalue weighted by Crippen LogP contribution is 2.18. The van der Waals surface area contributed by atoms with Crippen molar-refractivity contribution in [2.45, 2.75) is 6.42 Å². The van der Waals surface area contributed by atoms with Crippen molar-refractivity contribution in [1.29, 1.82) is 5.26 Å². The Balaban J connectivity index is 2.82. The number of rotatable bonds is 3. The third kappa shape index (κ3) is 2.79. The third-order valence-electron chi connectivity index (χ3n) is 1.73. The number of halogens is 1. The average molecular weight is 208 g/mol. The molecule has 0 heterocycles. The van der Waals surface area contributed by atoms with Crippen LogP contribution in [0.5, 0.6) is 5.75 Å². The van der Waals surface area contributed by atoms with E-state index in [-0.39, 0.29) is 5.75 Å². The van der Waals surface area contributed by atoms with Crippen molar-refractivity contribution < 1.29 is 5.11 Å². The van der Waals surface area contributed by atoms with Crippen LogP contribution < -0.4 is 0 Å². The number of aromatic hydroxyl groups is 1. The molecule has 0 saturated heterocycles. The molecule has 0 fully saturated rings. The fourth-order valence-electron chi connectivity index (χ4n) is 1.03. The number of nitriles is 1. The van der Waals surface area contributed by atoms with Gasteiger partial charge in [0.05, 0.1) is 5.56 Å². The van der Waals surface area contributed by atoms with Crippen LogP contribution in [0.1, 0.15) is 17.5 Å². The summed E-state index contributed by atoms with van der Waals surface area (Å²) in [5.41, 5.74) is 1.16. The van der Waals surface area contributed by atoms with E-state index in [0.717, 1.165) is 12.0 Å². The number of phenols is 1. The molecule has 0 bridgehead atoms. The maximum Gasteiger partial charge on any atom is 0.133 e. The van der Waals surface area contributed by atoms with Crippen molar-refractivity contribution in [3.8, 4) is 11.8 Å². The molecule has 0 radical (unpaired) electrons. The van der Waals surface area contributed by atoms with Crippen molar-refractivity contribution in [1.82, 2.24) is 0 Å². The predicted molar refractivity (Wildman–Crippen MR) is 57.2 cm³/mol. The Morgan fingerprint density at radius 3 is 2.86 bits per heavy atom.